The van der Waals surface area contributed by atoms with Crippen LogP contribution in [-0.4, -0.2) is 121 Å². The summed E-state index contributed by atoms with van der Waals surface area (Å²) in [4.78, 5) is 67.3. The summed E-state index contributed by atoms with van der Waals surface area (Å²) >= 11 is 1.50. The molecule has 0 unspecified atom stereocenters. The summed E-state index contributed by atoms with van der Waals surface area (Å²) in [6.07, 6.45) is 3.38. The third kappa shape index (κ3) is 13.8. The van der Waals surface area contributed by atoms with Crippen LogP contribution in [0, 0.1) is 23.7 Å². The molecule has 3 aromatic rings. The van der Waals surface area contributed by atoms with Crippen LogP contribution in [0.15, 0.2) is 66.2 Å². The Hall–Kier alpha value is -4.37. The zero-order chi connectivity index (χ0) is 47.1. The van der Waals surface area contributed by atoms with Crippen molar-refractivity contribution in [2.45, 2.75) is 136 Å². The van der Waals surface area contributed by atoms with Crippen molar-refractivity contribution in [3.63, 3.8) is 0 Å². The monoisotopic (exact) mass is 905 g/mol. The van der Waals surface area contributed by atoms with Gasteiger partial charge in [-0.3, -0.25) is 24.1 Å². The molecule has 13 nitrogen and oxygen atoms in total. The van der Waals surface area contributed by atoms with E-state index in [0.717, 1.165) is 34.7 Å². The highest BCUT2D eigenvalue weighted by atomic mass is 32.1. The number of likely N-dealkylation sites (N-methyl/N-ethyl adjacent to an activating group) is 2. The van der Waals surface area contributed by atoms with Crippen molar-refractivity contribution in [1.82, 2.24) is 30.3 Å². The molecule has 2 N–H and O–H groups in total. The molecule has 0 radical (unpaired) electrons. The number of hydrogen-bond donors (Lipinski definition) is 2. The number of aromatic nitrogens is 1. The number of nitrogens with one attached hydrogen (secondary N) is 2. The van der Waals surface area contributed by atoms with Crippen molar-refractivity contribution in [2.75, 3.05) is 41.5 Å². The van der Waals surface area contributed by atoms with E-state index in [2.05, 4.69) is 29.5 Å². The molecule has 1 aromatic heterocycles. The third-order valence-corrected chi connectivity index (χ3v) is 13.8. The fraction of sp³-hybridized carbons (Fsp3) is 0.620. The fourth-order valence-corrected chi connectivity index (χ4v) is 9.98. The summed E-state index contributed by atoms with van der Waals surface area (Å²) in [5, 5.41) is 9.12. The summed E-state index contributed by atoms with van der Waals surface area (Å²) in [5.41, 5.74) is 2.14. The maximum absolute atomic E-state index is 14.6. The topological polar surface area (TPSA) is 143 Å². The smallest absolute Gasteiger partial charge is 0.245 e. The predicted octanol–water partition coefficient (Wildman–Crippen LogP) is 7.16. The first-order valence-electron chi connectivity index (χ1n) is 23.1. The molecule has 1 fully saturated rings. The molecule has 9 atom stereocenters. The number of rotatable bonds is 25. The number of hydrogen-bond acceptors (Lipinski definition) is 10. The van der Waals surface area contributed by atoms with Gasteiger partial charge in [0.15, 0.2) is 0 Å². The van der Waals surface area contributed by atoms with Crippen molar-refractivity contribution in [2.24, 2.45) is 23.7 Å². The van der Waals surface area contributed by atoms with Gasteiger partial charge in [0, 0.05) is 45.9 Å². The Morgan fingerprint density at radius 2 is 1.56 bits per heavy atom. The molecule has 0 spiro atoms. The number of likely N-dealkylation sites (tertiary alicyclic amines) is 1. The maximum Gasteiger partial charge on any atom is 0.245 e. The number of ether oxygens (including phenoxy) is 3. The summed E-state index contributed by atoms with van der Waals surface area (Å²) < 4.78 is 17.8. The molecule has 1 aliphatic heterocycles. The van der Waals surface area contributed by atoms with Gasteiger partial charge in [-0.1, -0.05) is 97.4 Å². The van der Waals surface area contributed by atoms with E-state index >= 15 is 0 Å². The number of nitrogens with zero attached hydrogens (tertiary/aromatic N) is 4. The van der Waals surface area contributed by atoms with E-state index in [-0.39, 0.29) is 59.9 Å². The number of benzene rings is 2. The van der Waals surface area contributed by atoms with Crippen LogP contribution in [0.2, 0.25) is 0 Å². The Morgan fingerprint density at radius 3 is 2.12 bits per heavy atom. The molecular weight excluding hydrogens is 829 g/mol. The van der Waals surface area contributed by atoms with Gasteiger partial charge in [-0.2, -0.15) is 0 Å². The minimum Gasteiger partial charge on any atom is -0.494 e. The molecule has 2 aromatic carbocycles. The molecule has 0 bridgehead atoms. The summed E-state index contributed by atoms with van der Waals surface area (Å²) in [5.74, 6) is -0.787. The van der Waals surface area contributed by atoms with Crippen LogP contribution < -0.4 is 15.4 Å². The molecule has 2 heterocycles. The lowest BCUT2D eigenvalue weighted by Crippen LogP contribution is -2.60. The van der Waals surface area contributed by atoms with Gasteiger partial charge in [-0.25, -0.2) is 4.98 Å². The van der Waals surface area contributed by atoms with Crippen molar-refractivity contribution < 1.29 is 33.4 Å². The molecule has 1 aliphatic rings. The zero-order valence-corrected chi connectivity index (χ0v) is 41.2. The number of thiazole rings is 1. The van der Waals surface area contributed by atoms with E-state index < -0.39 is 36.3 Å². The minimum atomic E-state index is -0.807. The largest absolute Gasteiger partial charge is 0.494 e. The average Bonchev–Trinajstić information content (AvgIpc) is 4.00. The molecule has 4 amide bonds. The number of methoxy groups -OCH3 is 2. The van der Waals surface area contributed by atoms with Gasteiger partial charge in [0.25, 0.3) is 0 Å². The third-order valence-electron chi connectivity index (χ3n) is 12.9. The molecular formula is C50H76N6O7S. The first-order chi connectivity index (χ1) is 30.6. The first kappa shape index (κ1) is 52.3. The first-order valence-corrected chi connectivity index (χ1v) is 24.0. The standard InChI is InChI=1S/C50H76N6O7S/c1-13-34(7)45(55(10)50(60)43(32(3)4)53-48(59)44(33(5)6)54(9)31-37-22-24-38(25-23-37)63-14-2)41(61-11)30-42(57)56-27-18-21-40(56)46(62-12)35(8)47(58)52-39(49-51-26-28-64-49)29-36-19-16-15-17-20-36/h15-17,19-20,22-26,28,32-35,39-41,43-46H,13-14,18,21,27,29-31H2,1-12H3,(H,52,58)(H,53,59)/t34-,35+,39-,40-,41+,43-,44-,45-,46+/m0/s1. The molecule has 14 heteroatoms. The number of carbonyl (C=O) groups excluding carboxylic acids is 4. The maximum atomic E-state index is 14.6. The van der Waals surface area contributed by atoms with Crippen molar-refractivity contribution in [1.29, 1.82) is 0 Å². The van der Waals surface area contributed by atoms with Crippen LogP contribution in [0.25, 0.3) is 0 Å². The highest BCUT2D eigenvalue weighted by Gasteiger charge is 2.43. The SMILES string of the molecule is CCOc1ccc(CN(C)[C@H](C(=O)N[C@H](C(=O)N(C)[C@@H]([C@@H](C)CC)[C@@H](CC(=O)N2CCC[C@H]2[C@H](OC)[C@@H](C)C(=O)N[C@@H](Cc2ccccc2)c2nccs2)OC)C(C)C)C(C)C)cc1. The molecule has 0 aliphatic carbocycles. The van der Waals surface area contributed by atoms with E-state index in [4.69, 9.17) is 14.2 Å². The van der Waals surface area contributed by atoms with Crippen LogP contribution in [-0.2, 0) is 41.6 Å². The van der Waals surface area contributed by atoms with Gasteiger partial charge >= 0.3 is 0 Å². The van der Waals surface area contributed by atoms with Crippen LogP contribution >= 0.6 is 11.3 Å². The van der Waals surface area contributed by atoms with Gasteiger partial charge in [-0.05, 0) is 74.2 Å². The second kappa shape index (κ2) is 25.4. The Labute approximate surface area is 387 Å². The summed E-state index contributed by atoms with van der Waals surface area (Å²) in [6.45, 7) is 17.5. The lowest BCUT2D eigenvalue weighted by molar-refractivity contribution is -0.148. The van der Waals surface area contributed by atoms with Gasteiger partial charge in [0.1, 0.15) is 16.8 Å². The van der Waals surface area contributed by atoms with Gasteiger partial charge in [0.2, 0.25) is 23.6 Å². The Balaban J connectivity index is 1.47. The van der Waals surface area contributed by atoms with Gasteiger partial charge < -0.3 is 34.6 Å². The molecule has 354 valence electrons. The molecule has 4 rings (SSSR count). The highest BCUT2D eigenvalue weighted by molar-refractivity contribution is 7.09. The second-order valence-corrected chi connectivity index (χ2v) is 19.0. The average molecular weight is 905 g/mol. The molecule has 64 heavy (non-hydrogen) atoms. The minimum absolute atomic E-state index is 0.0321. The van der Waals surface area contributed by atoms with Crippen molar-refractivity contribution in [3.8, 4) is 5.75 Å². The summed E-state index contributed by atoms with van der Waals surface area (Å²) in [6, 6.07) is 15.5. The van der Waals surface area contributed by atoms with E-state index in [0.29, 0.717) is 32.5 Å². The van der Waals surface area contributed by atoms with Crippen LogP contribution in [0.4, 0.5) is 0 Å². The Kier molecular flexibility index (Phi) is 20.7. The van der Waals surface area contributed by atoms with Crippen molar-refractivity contribution >= 4 is 35.0 Å². The molecule has 0 saturated carbocycles. The van der Waals surface area contributed by atoms with E-state index in [9.17, 15) is 19.2 Å². The van der Waals surface area contributed by atoms with Crippen molar-refractivity contribution in [3.05, 3.63) is 82.3 Å². The molecule has 1 saturated heterocycles. The Bertz CT molecular complexity index is 1880. The van der Waals surface area contributed by atoms with E-state index in [1.54, 1.807) is 32.4 Å². The number of carbonyl (C=O) groups is 4. The number of amides is 4. The normalized spacial score (nSPS) is 17.9. The fourth-order valence-electron chi connectivity index (χ4n) is 9.29. The van der Waals surface area contributed by atoms with Crippen LogP contribution in [0.1, 0.15) is 103 Å². The predicted molar refractivity (Wildman–Crippen MR) is 254 cm³/mol. The van der Waals surface area contributed by atoms with E-state index in [1.165, 1.54) is 11.3 Å². The Morgan fingerprint density at radius 1 is 0.875 bits per heavy atom. The highest BCUT2D eigenvalue weighted by Crippen LogP contribution is 2.31. The van der Waals surface area contributed by atoms with Crippen LogP contribution in [0.3, 0.4) is 0 Å². The van der Waals surface area contributed by atoms with Gasteiger partial charge in [-0.15, -0.1) is 11.3 Å². The van der Waals surface area contributed by atoms with E-state index in [1.807, 2.05) is 118 Å². The van der Waals surface area contributed by atoms with Gasteiger partial charge in [0.05, 0.1) is 55.3 Å². The lowest BCUT2D eigenvalue weighted by atomic mass is 9.89. The van der Waals surface area contributed by atoms with Crippen LogP contribution in [0.5, 0.6) is 5.75 Å². The zero-order valence-electron chi connectivity index (χ0n) is 40.4. The summed E-state index contributed by atoms with van der Waals surface area (Å²) in [7, 11) is 6.87. The quantitative estimate of drug-likeness (QED) is 0.0906. The lowest BCUT2D eigenvalue weighted by Gasteiger charge is -2.41. The second-order valence-electron chi connectivity index (χ2n) is 18.1.